The predicted octanol–water partition coefficient (Wildman–Crippen LogP) is 4.72. The van der Waals surface area contributed by atoms with Crippen molar-refractivity contribution in [3.8, 4) is 5.69 Å². The van der Waals surface area contributed by atoms with Crippen LogP contribution in [0.4, 0.5) is 5.69 Å². The molecule has 8 nitrogen and oxygen atoms in total. The highest BCUT2D eigenvalue weighted by molar-refractivity contribution is 8.18. The summed E-state index contributed by atoms with van der Waals surface area (Å²) in [6.45, 7) is 3.84. The van der Waals surface area contributed by atoms with Crippen molar-refractivity contribution in [2.75, 3.05) is 7.05 Å². The van der Waals surface area contributed by atoms with Crippen LogP contribution in [0.1, 0.15) is 37.7 Å². The summed E-state index contributed by atoms with van der Waals surface area (Å²) in [5.74, 6) is -2.20. The molecule has 1 fully saturated rings. The number of carboxylic acid groups (broad SMARTS) is 2. The number of carbonyl (C=O) groups is 3. The number of benzene rings is 2. The third-order valence-electron chi connectivity index (χ3n) is 5.45. The van der Waals surface area contributed by atoms with Gasteiger partial charge in [-0.15, -0.1) is 0 Å². The summed E-state index contributed by atoms with van der Waals surface area (Å²) in [6.07, 6.45) is 1.80. The van der Waals surface area contributed by atoms with E-state index in [2.05, 4.69) is 4.99 Å². The van der Waals surface area contributed by atoms with Gasteiger partial charge in [-0.2, -0.15) is 0 Å². The number of hydrogen-bond acceptors (Lipinski definition) is 5. The van der Waals surface area contributed by atoms with E-state index in [0.29, 0.717) is 15.8 Å². The molecule has 34 heavy (non-hydrogen) atoms. The fraction of sp³-hybridized carbons (Fsp3) is 0.120. The average Bonchev–Trinajstić information content (AvgIpc) is 3.23. The van der Waals surface area contributed by atoms with Gasteiger partial charge in [-0.05, 0) is 85.8 Å². The Hall–Kier alpha value is -4.11. The molecule has 1 amide bonds. The normalized spacial score (nSPS) is 16.0. The van der Waals surface area contributed by atoms with Crippen molar-refractivity contribution in [3.05, 3.63) is 87.6 Å². The fourth-order valence-corrected chi connectivity index (χ4v) is 4.67. The maximum Gasteiger partial charge on any atom is 0.335 e. The van der Waals surface area contributed by atoms with Crippen molar-refractivity contribution in [1.29, 1.82) is 0 Å². The van der Waals surface area contributed by atoms with Gasteiger partial charge in [-0.25, -0.2) is 14.6 Å². The maximum absolute atomic E-state index is 12.9. The number of aryl methyl sites for hydroxylation is 1. The van der Waals surface area contributed by atoms with Crippen LogP contribution in [0.2, 0.25) is 0 Å². The third-order valence-corrected chi connectivity index (χ3v) is 6.51. The van der Waals surface area contributed by atoms with Gasteiger partial charge in [0.25, 0.3) is 5.91 Å². The molecular formula is C25H21N3O5S. The van der Waals surface area contributed by atoms with E-state index in [-0.39, 0.29) is 17.0 Å². The molecule has 0 atom stereocenters. The summed E-state index contributed by atoms with van der Waals surface area (Å²) in [5.41, 5.74) is 4.26. The van der Waals surface area contributed by atoms with E-state index in [9.17, 15) is 19.5 Å². The maximum atomic E-state index is 12.9. The molecule has 0 saturated carbocycles. The van der Waals surface area contributed by atoms with E-state index >= 15 is 0 Å². The number of aromatic carboxylic acids is 2. The Kier molecular flexibility index (Phi) is 6.12. The Labute approximate surface area is 199 Å². The molecule has 0 spiro atoms. The van der Waals surface area contributed by atoms with Gasteiger partial charge in [0.15, 0.2) is 5.17 Å². The monoisotopic (exact) mass is 475 g/mol. The molecule has 0 aliphatic carbocycles. The molecule has 1 saturated heterocycles. The molecule has 2 N–H and O–H groups in total. The molecular weight excluding hydrogens is 454 g/mol. The quantitative estimate of drug-likeness (QED) is 0.516. The van der Waals surface area contributed by atoms with Crippen molar-refractivity contribution < 1.29 is 24.6 Å². The smallest absolute Gasteiger partial charge is 0.335 e. The molecule has 2 aromatic carbocycles. The van der Waals surface area contributed by atoms with E-state index in [0.717, 1.165) is 22.6 Å². The van der Waals surface area contributed by atoms with Gasteiger partial charge in [0, 0.05) is 24.1 Å². The number of carboxylic acids is 2. The summed E-state index contributed by atoms with van der Waals surface area (Å²) in [7, 11) is 1.64. The number of hydrogen-bond donors (Lipinski definition) is 2. The molecule has 9 heteroatoms. The van der Waals surface area contributed by atoms with Crippen LogP contribution in [0, 0.1) is 13.8 Å². The topological polar surface area (TPSA) is 112 Å². The summed E-state index contributed by atoms with van der Waals surface area (Å²) in [4.78, 5) is 41.7. The second-order valence-corrected chi connectivity index (χ2v) is 8.75. The van der Waals surface area contributed by atoms with Crippen molar-refractivity contribution in [2.24, 2.45) is 4.99 Å². The predicted molar refractivity (Wildman–Crippen MR) is 131 cm³/mol. The zero-order valence-electron chi connectivity index (χ0n) is 18.6. The van der Waals surface area contributed by atoms with Crippen LogP contribution in [-0.4, -0.2) is 49.7 Å². The van der Waals surface area contributed by atoms with Crippen LogP contribution in [-0.2, 0) is 4.79 Å². The molecule has 4 rings (SSSR count). The molecule has 1 aliphatic rings. The van der Waals surface area contributed by atoms with Crippen LogP contribution < -0.4 is 0 Å². The van der Waals surface area contributed by atoms with Crippen LogP contribution in [0.25, 0.3) is 11.8 Å². The minimum Gasteiger partial charge on any atom is -0.478 e. The van der Waals surface area contributed by atoms with E-state index in [1.165, 1.54) is 28.8 Å². The Bertz CT molecular complexity index is 1390. The van der Waals surface area contributed by atoms with E-state index in [4.69, 9.17) is 5.11 Å². The summed E-state index contributed by atoms with van der Waals surface area (Å²) < 4.78 is 1.95. The first kappa shape index (κ1) is 23.1. The molecule has 0 radical (unpaired) electrons. The first-order valence-electron chi connectivity index (χ1n) is 10.3. The zero-order valence-corrected chi connectivity index (χ0v) is 19.5. The lowest BCUT2D eigenvalue weighted by atomic mass is 10.2. The Morgan fingerprint density at radius 2 is 1.65 bits per heavy atom. The highest BCUT2D eigenvalue weighted by Gasteiger charge is 2.30. The number of thioether (sulfide) groups is 1. The number of likely N-dealkylation sites (N-methyl/N-ethyl adjacent to an activating group) is 1. The lowest BCUT2D eigenvalue weighted by Crippen LogP contribution is -2.23. The van der Waals surface area contributed by atoms with Gasteiger partial charge < -0.3 is 14.8 Å². The van der Waals surface area contributed by atoms with Crippen molar-refractivity contribution >= 4 is 46.5 Å². The molecule has 2 heterocycles. The Morgan fingerprint density at radius 3 is 2.29 bits per heavy atom. The molecule has 1 aromatic heterocycles. The van der Waals surface area contributed by atoms with Gasteiger partial charge in [0.1, 0.15) is 0 Å². The minimum absolute atomic E-state index is 0.164. The number of rotatable bonds is 5. The lowest BCUT2D eigenvalue weighted by molar-refractivity contribution is -0.121. The Morgan fingerprint density at radius 1 is 0.971 bits per heavy atom. The first-order chi connectivity index (χ1) is 16.2. The van der Waals surface area contributed by atoms with E-state index < -0.39 is 11.9 Å². The Balaban J connectivity index is 1.65. The summed E-state index contributed by atoms with van der Waals surface area (Å²) >= 11 is 1.24. The number of amides is 1. The highest BCUT2D eigenvalue weighted by atomic mass is 32.2. The molecule has 172 valence electrons. The number of aromatic nitrogens is 1. The standard InChI is InChI=1S/C25H21N3O5S/c1-14-11-18(15(2)28(14)20-6-4-5-17(12-20)24(32)33)13-21-22(29)27(3)25(34-21)26-19-9-7-16(8-10-19)23(30)31/h4-13H,1-3H3,(H,30,31)(H,32,33)/b21-13+,26-25?. The zero-order chi connectivity index (χ0) is 24.6. The van der Waals surface area contributed by atoms with Crippen molar-refractivity contribution in [3.63, 3.8) is 0 Å². The van der Waals surface area contributed by atoms with Crippen molar-refractivity contribution in [1.82, 2.24) is 9.47 Å². The lowest BCUT2D eigenvalue weighted by Gasteiger charge is -2.10. The summed E-state index contributed by atoms with van der Waals surface area (Å²) in [6, 6.07) is 14.8. The SMILES string of the molecule is Cc1cc(/C=C2/SC(=Nc3ccc(C(=O)O)cc3)N(C)C2=O)c(C)n1-c1cccc(C(=O)O)c1. The van der Waals surface area contributed by atoms with Crippen molar-refractivity contribution in [2.45, 2.75) is 13.8 Å². The van der Waals surface area contributed by atoms with Gasteiger partial charge >= 0.3 is 11.9 Å². The van der Waals surface area contributed by atoms with Gasteiger partial charge in [-0.3, -0.25) is 9.69 Å². The number of nitrogens with zero attached hydrogens (tertiary/aromatic N) is 3. The van der Waals surface area contributed by atoms with Crippen LogP contribution in [0.15, 0.2) is 64.5 Å². The average molecular weight is 476 g/mol. The van der Waals surface area contributed by atoms with Gasteiger partial charge in [0.05, 0.1) is 21.7 Å². The van der Waals surface area contributed by atoms with Gasteiger partial charge in [0.2, 0.25) is 0 Å². The molecule has 3 aromatic rings. The first-order valence-corrected chi connectivity index (χ1v) is 11.1. The number of aliphatic imine (C=N–C) groups is 1. The molecule has 0 bridgehead atoms. The highest BCUT2D eigenvalue weighted by Crippen LogP contribution is 2.34. The third kappa shape index (κ3) is 4.38. The molecule has 1 aliphatic heterocycles. The fourth-order valence-electron chi connectivity index (χ4n) is 3.69. The second kappa shape index (κ2) is 9.03. The number of amidine groups is 1. The van der Waals surface area contributed by atoms with Crippen LogP contribution in [0.5, 0.6) is 0 Å². The van der Waals surface area contributed by atoms with E-state index in [1.807, 2.05) is 30.5 Å². The second-order valence-electron chi connectivity index (χ2n) is 7.74. The number of carbonyl (C=O) groups excluding carboxylic acids is 1. The van der Waals surface area contributed by atoms with Crippen LogP contribution in [0.3, 0.4) is 0 Å². The van der Waals surface area contributed by atoms with Crippen LogP contribution >= 0.6 is 11.8 Å². The minimum atomic E-state index is -1.01. The van der Waals surface area contributed by atoms with E-state index in [1.54, 1.807) is 43.5 Å². The summed E-state index contributed by atoms with van der Waals surface area (Å²) in [5, 5.41) is 18.8. The van der Waals surface area contributed by atoms with Gasteiger partial charge in [-0.1, -0.05) is 6.07 Å². The molecule has 0 unspecified atom stereocenters. The largest absolute Gasteiger partial charge is 0.478 e.